The number of nitrogens with two attached hydrogens (primary N) is 1. The highest BCUT2D eigenvalue weighted by Gasteiger charge is 2.34. The summed E-state index contributed by atoms with van der Waals surface area (Å²) in [5.74, 6) is -0.288. The van der Waals surface area contributed by atoms with Gasteiger partial charge in [0.05, 0.1) is 23.7 Å². The van der Waals surface area contributed by atoms with Crippen LogP contribution in [0.2, 0.25) is 0 Å². The van der Waals surface area contributed by atoms with Crippen molar-refractivity contribution in [1.82, 2.24) is 9.97 Å². The maximum atomic E-state index is 12.8. The van der Waals surface area contributed by atoms with Crippen molar-refractivity contribution >= 4 is 16.0 Å². The van der Waals surface area contributed by atoms with Gasteiger partial charge in [-0.1, -0.05) is 0 Å². The maximum Gasteiger partial charge on any atom is 0.225 e. The molecule has 7 nitrogen and oxygen atoms in total. The molecule has 106 valence electrons. The summed E-state index contributed by atoms with van der Waals surface area (Å²) in [7, 11) is -2.17. The van der Waals surface area contributed by atoms with Gasteiger partial charge in [-0.15, -0.1) is 0 Å². The molecule has 1 fully saturated rings. The monoisotopic (exact) mass is 290 g/mol. The Morgan fingerprint density at radius 3 is 2.58 bits per heavy atom. The number of nitrogens with zero attached hydrogens (tertiary/aromatic N) is 3. The standard InChI is InChI=1S/C10H15FN4O3S/c1-18-8-2-9(19(12,16)17)6-15(5-8)10-13-3-7(11)4-14-10/h3-4,8-9H,2,5-6H2,1H3,(H2,12,16,17)/t8-,9?/m0/s1. The fraction of sp³-hybridized carbons (Fsp3) is 0.600. The Morgan fingerprint density at radius 1 is 1.42 bits per heavy atom. The lowest BCUT2D eigenvalue weighted by molar-refractivity contribution is 0.0898. The third-order valence-corrected chi connectivity index (χ3v) is 4.33. The summed E-state index contributed by atoms with van der Waals surface area (Å²) in [6, 6.07) is 0. The molecule has 0 bridgehead atoms. The van der Waals surface area contributed by atoms with E-state index in [9.17, 15) is 12.8 Å². The number of rotatable bonds is 3. The Kier molecular flexibility index (Phi) is 3.97. The Labute approximate surface area is 110 Å². The number of methoxy groups -OCH3 is 1. The SMILES string of the molecule is CO[C@H]1CC(S(N)(=O)=O)CN(c2ncc(F)cn2)C1. The molecule has 0 aromatic carbocycles. The van der Waals surface area contributed by atoms with Crippen molar-refractivity contribution in [3.05, 3.63) is 18.2 Å². The summed E-state index contributed by atoms with van der Waals surface area (Å²) in [5.41, 5.74) is 0. The van der Waals surface area contributed by atoms with Crippen molar-refractivity contribution in [3.63, 3.8) is 0 Å². The van der Waals surface area contributed by atoms with Gasteiger partial charge >= 0.3 is 0 Å². The number of sulfonamides is 1. The van der Waals surface area contributed by atoms with Gasteiger partial charge in [0, 0.05) is 20.2 Å². The van der Waals surface area contributed by atoms with Crippen molar-refractivity contribution in [2.45, 2.75) is 17.8 Å². The van der Waals surface area contributed by atoms with Gasteiger partial charge in [-0.2, -0.15) is 0 Å². The first-order valence-electron chi connectivity index (χ1n) is 5.67. The quantitative estimate of drug-likeness (QED) is 0.805. The van der Waals surface area contributed by atoms with Crippen LogP contribution in [0.1, 0.15) is 6.42 Å². The zero-order chi connectivity index (χ0) is 14.0. The van der Waals surface area contributed by atoms with E-state index in [2.05, 4.69) is 9.97 Å². The summed E-state index contributed by atoms with van der Waals surface area (Å²) >= 11 is 0. The van der Waals surface area contributed by atoms with Crippen LogP contribution in [-0.4, -0.2) is 49.9 Å². The molecule has 1 saturated heterocycles. The number of halogens is 1. The van der Waals surface area contributed by atoms with Gasteiger partial charge in [0.1, 0.15) is 0 Å². The third-order valence-electron chi connectivity index (χ3n) is 3.06. The fourth-order valence-corrected chi connectivity index (χ4v) is 2.92. The zero-order valence-corrected chi connectivity index (χ0v) is 11.2. The van der Waals surface area contributed by atoms with Crippen LogP contribution in [0.4, 0.5) is 10.3 Å². The molecule has 1 aromatic rings. The second-order valence-corrected chi connectivity index (χ2v) is 6.26. The minimum Gasteiger partial charge on any atom is -0.380 e. The smallest absolute Gasteiger partial charge is 0.225 e. The lowest BCUT2D eigenvalue weighted by atomic mass is 10.1. The molecule has 1 aliphatic rings. The molecule has 19 heavy (non-hydrogen) atoms. The van der Waals surface area contributed by atoms with Crippen molar-refractivity contribution in [2.24, 2.45) is 5.14 Å². The first-order chi connectivity index (χ1) is 8.90. The summed E-state index contributed by atoms with van der Waals surface area (Å²) in [6.45, 7) is 0.610. The zero-order valence-electron chi connectivity index (χ0n) is 10.4. The van der Waals surface area contributed by atoms with Crippen LogP contribution in [0.3, 0.4) is 0 Å². The van der Waals surface area contributed by atoms with E-state index in [0.29, 0.717) is 13.0 Å². The van der Waals surface area contributed by atoms with Gasteiger partial charge in [0.2, 0.25) is 16.0 Å². The Morgan fingerprint density at radius 2 is 2.05 bits per heavy atom. The normalized spacial score (nSPS) is 24.5. The number of anilines is 1. The molecule has 2 atom stereocenters. The van der Waals surface area contributed by atoms with Crippen molar-refractivity contribution in [2.75, 3.05) is 25.1 Å². The predicted molar refractivity (Wildman–Crippen MR) is 66.5 cm³/mol. The molecule has 0 aliphatic carbocycles. The van der Waals surface area contributed by atoms with Crippen LogP contribution in [0.25, 0.3) is 0 Å². The average Bonchev–Trinajstić information content (AvgIpc) is 2.38. The second kappa shape index (κ2) is 5.35. The summed E-state index contributed by atoms with van der Waals surface area (Å²) < 4.78 is 40.9. The molecule has 0 spiro atoms. The molecule has 1 aromatic heterocycles. The second-order valence-electron chi connectivity index (χ2n) is 4.41. The Bertz CT molecular complexity index is 536. The molecule has 1 aliphatic heterocycles. The minimum atomic E-state index is -3.67. The molecular formula is C10H15FN4O3S. The molecule has 2 rings (SSSR count). The molecule has 0 saturated carbocycles. The van der Waals surface area contributed by atoms with E-state index in [4.69, 9.17) is 9.88 Å². The molecule has 2 heterocycles. The van der Waals surface area contributed by atoms with Crippen molar-refractivity contribution in [1.29, 1.82) is 0 Å². The minimum absolute atomic E-state index is 0.171. The highest BCUT2D eigenvalue weighted by atomic mass is 32.2. The first kappa shape index (κ1) is 14.1. The highest BCUT2D eigenvalue weighted by Crippen LogP contribution is 2.21. The maximum absolute atomic E-state index is 12.8. The van der Waals surface area contributed by atoms with Crippen LogP contribution < -0.4 is 10.0 Å². The van der Waals surface area contributed by atoms with Crippen LogP contribution in [0.15, 0.2) is 12.4 Å². The van der Waals surface area contributed by atoms with E-state index < -0.39 is 21.1 Å². The van der Waals surface area contributed by atoms with E-state index in [1.807, 2.05) is 0 Å². The number of ether oxygens (including phenoxy) is 1. The number of piperidine rings is 1. The van der Waals surface area contributed by atoms with E-state index in [-0.39, 0.29) is 18.6 Å². The van der Waals surface area contributed by atoms with Gasteiger partial charge in [-0.05, 0) is 6.42 Å². The highest BCUT2D eigenvalue weighted by molar-refractivity contribution is 7.89. The Hall–Kier alpha value is -1.32. The molecule has 0 amide bonds. The van der Waals surface area contributed by atoms with Gasteiger partial charge in [0.15, 0.2) is 5.82 Å². The fourth-order valence-electron chi connectivity index (χ4n) is 2.05. The number of hydrogen-bond acceptors (Lipinski definition) is 6. The van der Waals surface area contributed by atoms with Gasteiger partial charge in [-0.25, -0.2) is 27.9 Å². The van der Waals surface area contributed by atoms with Crippen LogP contribution in [0.5, 0.6) is 0 Å². The summed E-state index contributed by atoms with van der Waals surface area (Å²) in [4.78, 5) is 9.30. The average molecular weight is 290 g/mol. The first-order valence-corrected chi connectivity index (χ1v) is 7.28. The van der Waals surface area contributed by atoms with Crippen molar-refractivity contribution < 1.29 is 17.5 Å². The Balaban J connectivity index is 2.22. The number of aromatic nitrogens is 2. The molecule has 1 unspecified atom stereocenters. The lowest BCUT2D eigenvalue weighted by Gasteiger charge is -2.35. The topological polar surface area (TPSA) is 98.4 Å². The van der Waals surface area contributed by atoms with E-state index in [1.165, 1.54) is 7.11 Å². The van der Waals surface area contributed by atoms with E-state index in [0.717, 1.165) is 12.4 Å². The summed E-state index contributed by atoms with van der Waals surface area (Å²) in [5, 5.41) is 4.43. The van der Waals surface area contributed by atoms with Crippen LogP contribution >= 0.6 is 0 Å². The van der Waals surface area contributed by atoms with Gasteiger partial charge in [0.25, 0.3) is 0 Å². The lowest BCUT2D eigenvalue weighted by Crippen LogP contribution is -2.51. The van der Waals surface area contributed by atoms with Crippen LogP contribution in [-0.2, 0) is 14.8 Å². The summed E-state index contributed by atoms with van der Waals surface area (Å²) in [6.07, 6.45) is 2.10. The van der Waals surface area contributed by atoms with Crippen molar-refractivity contribution in [3.8, 4) is 0 Å². The van der Waals surface area contributed by atoms with Crippen LogP contribution in [0, 0.1) is 5.82 Å². The molecular weight excluding hydrogens is 275 g/mol. The molecule has 0 radical (unpaired) electrons. The molecule has 9 heteroatoms. The van der Waals surface area contributed by atoms with Gasteiger partial charge in [-0.3, -0.25) is 0 Å². The largest absolute Gasteiger partial charge is 0.380 e. The number of primary sulfonamides is 1. The predicted octanol–water partition coefficient (Wildman–Crippen LogP) is -0.502. The van der Waals surface area contributed by atoms with E-state index in [1.54, 1.807) is 4.90 Å². The van der Waals surface area contributed by atoms with E-state index >= 15 is 0 Å². The number of hydrogen-bond donors (Lipinski definition) is 1. The van der Waals surface area contributed by atoms with Gasteiger partial charge < -0.3 is 9.64 Å². The third kappa shape index (κ3) is 3.37. The molecule has 2 N–H and O–H groups in total.